The first-order chi connectivity index (χ1) is 12.5. The van der Waals surface area contributed by atoms with Gasteiger partial charge in [0.15, 0.2) is 0 Å². The zero-order valence-corrected chi connectivity index (χ0v) is 14.1. The molecule has 26 heavy (non-hydrogen) atoms. The molecule has 2 aromatic rings. The van der Waals surface area contributed by atoms with Crippen LogP contribution in [0.3, 0.4) is 0 Å². The standard InChI is InChI=1S/C19H17N3O4/c1-2-12(20-21-17(24)15-9-5-6-10-16(15)23)11-22-18(25)13-7-3-4-8-14(13)19(22)26/h3-10,23H,2,11H2,1H3,(H,21,24)/b20-12-. The summed E-state index contributed by atoms with van der Waals surface area (Å²) >= 11 is 0. The van der Waals surface area contributed by atoms with Crippen LogP contribution in [0.2, 0.25) is 0 Å². The molecular formula is C19H17N3O4. The minimum absolute atomic E-state index is 0.0100. The number of nitrogens with one attached hydrogen (secondary N) is 1. The fourth-order valence-corrected chi connectivity index (χ4v) is 2.65. The van der Waals surface area contributed by atoms with Gasteiger partial charge in [0.25, 0.3) is 17.7 Å². The van der Waals surface area contributed by atoms with Crippen molar-refractivity contribution in [2.45, 2.75) is 13.3 Å². The monoisotopic (exact) mass is 351 g/mol. The Morgan fingerprint density at radius 3 is 2.19 bits per heavy atom. The lowest BCUT2D eigenvalue weighted by Gasteiger charge is -2.14. The van der Waals surface area contributed by atoms with Crippen molar-refractivity contribution >= 4 is 23.4 Å². The van der Waals surface area contributed by atoms with E-state index in [0.29, 0.717) is 23.3 Å². The van der Waals surface area contributed by atoms with Gasteiger partial charge < -0.3 is 5.11 Å². The second-order valence-electron chi connectivity index (χ2n) is 5.73. The summed E-state index contributed by atoms with van der Waals surface area (Å²) in [5.74, 6) is -1.48. The number of hydrogen-bond donors (Lipinski definition) is 2. The number of hydrogen-bond acceptors (Lipinski definition) is 5. The van der Waals surface area contributed by atoms with Gasteiger partial charge in [0.05, 0.1) is 28.9 Å². The van der Waals surface area contributed by atoms with Crippen molar-refractivity contribution in [1.29, 1.82) is 0 Å². The van der Waals surface area contributed by atoms with Crippen LogP contribution in [0, 0.1) is 0 Å². The average Bonchev–Trinajstić information content (AvgIpc) is 2.90. The van der Waals surface area contributed by atoms with E-state index in [1.807, 2.05) is 6.92 Å². The highest BCUT2D eigenvalue weighted by atomic mass is 16.3. The van der Waals surface area contributed by atoms with Crippen LogP contribution in [0.25, 0.3) is 0 Å². The number of aromatic hydroxyl groups is 1. The Labute approximate surface area is 149 Å². The third-order valence-electron chi connectivity index (χ3n) is 4.09. The number of phenolic OH excluding ortho intramolecular Hbond substituents is 1. The molecule has 7 nitrogen and oxygen atoms in total. The van der Waals surface area contributed by atoms with Crippen molar-refractivity contribution in [2.24, 2.45) is 5.10 Å². The van der Waals surface area contributed by atoms with Crippen LogP contribution in [0.15, 0.2) is 53.6 Å². The van der Waals surface area contributed by atoms with Gasteiger partial charge in [-0.05, 0) is 30.7 Å². The van der Waals surface area contributed by atoms with Gasteiger partial charge in [-0.15, -0.1) is 0 Å². The number of nitrogens with zero attached hydrogens (tertiary/aromatic N) is 2. The molecule has 1 heterocycles. The van der Waals surface area contributed by atoms with Crippen molar-refractivity contribution in [3.8, 4) is 5.75 Å². The maximum atomic E-state index is 12.4. The topological polar surface area (TPSA) is 99.1 Å². The predicted octanol–water partition coefficient (Wildman–Crippen LogP) is 2.18. The Morgan fingerprint density at radius 1 is 1.04 bits per heavy atom. The van der Waals surface area contributed by atoms with E-state index in [1.165, 1.54) is 12.1 Å². The minimum atomic E-state index is -0.573. The van der Waals surface area contributed by atoms with E-state index in [0.717, 1.165) is 4.90 Å². The first kappa shape index (κ1) is 17.3. The summed E-state index contributed by atoms with van der Waals surface area (Å²) in [5, 5.41) is 13.7. The van der Waals surface area contributed by atoms with Crippen molar-refractivity contribution in [2.75, 3.05) is 6.54 Å². The maximum Gasteiger partial charge on any atom is 0.275 e. The lowest BCUT2D eigenvalue weighted by atomic mass is 10.1. The summed E-state index contributed by atoms with van der Waals surface area (Å²) in [6.07, 6.45) is 0.439. The number of amides is 3. The number of rotatable bonds is 5. The fourth-order valence-electron chi connectivity index (χ4n) is 2.65. The number of para-hydroxylation sites is 1. The lowest BCUT2D eigenvalue weighted by Crippen LogP contribution is -2.35. The van der Waals surface area contributed by atoms with Gasteiger partial charge >= 0.3 is 0 Å². The molecule has 0 spiro atoms. The molecule has 2 aromatic carbocycles. The number of benzene rings is 2. The number of phenols is 1. The molecular weight excluding hydrogens is 334 g/mol. The number of carbonyl (C=O) groups is 3. The molecule has 0 atom stereocenters. The van der Waals surface area contributed by atoms with Crippen molar-refractivity contribution in [3.05, 3.63) is 65.2 Å². The molecule has 0 saturated heterocycles. The van der Waals surface area contributed by atoms with Gasteiger partial charge in [0, 0.05) is 0 Å². The molecule has 3 amide bonds. The van der Waals surface area contributed by atoms with Gasteiger partial charge in [-0.25, -0.2) is 5.43 Å². The smallest absolute Gasteiger partial charge is 0.275 e. The zero-order chi connectivity index (χ0) is 18.7. The molecule has 0 bridgehead atoms. The van der Waals surface area contributed by atoms with Gasteiger partial charge in [-0.2, -0.15) is 5.10 Å². The number of carbonyl (C=O) groups excluding carboxylic acids is 3. The summed E-state index contributed by atoms with van der Waals surface area (Å²) in [6, 6.07) is 12.7. The van der Waals surface area contributed by atoms with E-state index >= 15 is 0 Å². The van der Waals surface area contributed by atoms with Crippen LogP contribution in [-0.2, 0) is 0 Å². The minimum Gasteiger partial charge on any atom is -0.507 e. The molecule has 0 saturated carbocycles. The molecule has 0 aliphatic carbocycles. The number of fused-ring (bicyclic) bond motifs is 1. The molecule has 3 rings (SSSR count). The van der Waals surface area contributed by atoms with Gasteiger partial charge in [0.1, 0.15) is 5.75 Å². The molecule has 0 aromatic heterocycles. The van der Waals surface area contributed by atoms with E-state index in [4.69, 9.17) is 0 Å². The zero-order valence-electron chi connectivity index (χ0n) is 14.1. The largest absolute Gasteiger partial charge is 0.507 e. The second-order valence-corrected chi connectivity index (χ2v) is 5.73. The number of imide groups is 1. The Kier molecular flexibility index (Phi) is 4.79. The van der Waals surface area contributed by atoms with Crippen LogP contribution in [0.4, 0.5) is 0 Å². The highest BCUT2D eigenvalue weighted by Crippen LogP contribution is 2.22. The molecule has 0 unspecified atom stereocenters. The first-order valence-electron chi connectivity index (χ1n) is 8.12. The molecule has 2 N–H and O–H groups in total. The van der Waals surface area contributed by atoms with Crippen molar-refractivity contribution in [3.63, 3.8) is 0 Å². The molecule has 1 aliphatic heterocycles. The van der Waals surface area contributed by atoms with E-state index in [9.17, 15) is 19.5 Å². The van der Waals surface area contributed by atoms with Crippen LogP contribution >= 0.6 is 0 Å². The third kappa shape index (κ3) is 3.19. The van der Waals surface area contributed by atoms with E-state index in [-0.39, 0.29) is 29.7 Å². The van der Waals surface area contributed by atoms with Crippen LogP contribution in [0.1, 0.15) is 44.4 Å². The van der Waals surface area contributed by atoms with Crippen molar-refractivity contribution in [1.82, 2.24) is 10.3 Å². The Bertz CT molecular complexity index is 886. The Hall–Kier alpha value is -3.48. The van der Waals surface area contributed by atoms with E-state index in [1.54, 1.807) is 36.4 Å². The number of hydrazone groups is 1. The molecule has 132 valence electrons. The summed E-state index contributed by atoms with van der Waals surface area (Å²) in [4.78, 5) is 38.0. The first-order valence-corrected chi connectivity index (χ1v) is 8.12. The van der Waals surface area contributed by atoms with Crippen LogP contribution in [-0.4, -0.2) is 40.0 Å². The van der Waals surface area contributed by atoms with Gasteiger partial charge in [-0.1, -0.05) is 31.2 Å². The Morgan fingerprint density at radius 2 is 1.62 bits per heavy atom. The summed E-state index contributed by atoms with van der Waals surface area (Å²) in [5.41, 5.74) is 3.64. The van der Waals surface area contributed by atoms with Crippen LogP contribution in [0.5, 0.6) is 5.75 Å². The van der Waals surface area contributed by atoms with Gasteiger partial charge in [0.2, 0.25) is 0 Å². The highest BCUT2D eigenvalue weighted by Gasteiger charge is 2.35. The molecule has 1 aliphatic rings. The van der Waals surface area contributed by atoms with Crippen molar-refractivity contribution < 1.29 is 19.5 Å². The average molecular weight is 351 g/mol. The summed E-state index contributed by atoms with van der Waals surface area (Å²) in [7, 11) is 0. The molecule has 0 fully saturated rings. The summed E-state index contributed by atoms with van der Waals surface area (Å²) < 4.78 is 0. The highest BCUT2D eigenvalue weighted by molar-refractivity contribution is 6.22. The quantitative estimate of drug-likeness (QED) is 0.490. The van der Waals surface area contributed by atoms with E-state index < -0.39 is 5.91 Å². The normalized spacial score (nSPS) is 13.7. The fraction of sp³-hybridized carbons (Fsp3) is 0.158. The third-order valence-corrected chi connectivity index (χ3v) is 4.09. The second kappa shape index (κ2) is 7.18. The summed E-state index contributed by atoms with van der Waals surface area (Å²) in [6.45, 7) is 1.80. The van der Waals surface area contributed by atoms with Gasteiger partial charge in [-0.3, -0.25) is 19.3 Å². The SMILES string of the molecule is CC/C(CN1C(=O)c2ccccc2C1=O)=N/NC(=O)c1ccccc1O. The molecule has 0 radical (unpaired) electrons. The lowest BCUT2D eigenvalue weighted by molar-refractivity contribution is 0.0677. The van der Waals surface area contributed by atoms with E-state index in [2.05, 4.69) is 10.5 Å². The predicted molar refractivity (Wildman–Crippen MR) is 95.1 cm³/mol. The molecule has 7 heteroatoms. The maximum absolute atomic E-state index is 12.4. The Balaban J connectivity index is 1.73. The van der Waals surface area contributed by atoms with Crippen LogP contribution < -0.4 is 5.43 Å².